The number of halogens is 1. The first-order valence-electron chi connectivity index (χ1n) is 6.84. The SMILES string of the molecule is CCOC(=O)C1CCCN1S(=O)(=O)Cc1ccc(F)cc1. The van der Waals surface area contributed by atoms with Crippen molar-refractivity contribution in [3.63, 3.8) is 0 Å². The van der Waals surface area contributed by atoms with E-state index in [0.29, 0.717) is 24.9 Å². The molecule has 116 valence electrons. The Bertz CT molecular complexity index is 600. The second-order valence-electron chi connectivity index (χ2n) is 4.90. The second-order valence-corrected chi connectivity index (χ2v) is 6.83. The number of ether oxygens (including phenoxy) is 1. The van der Waals surface area contributed by atoms with E-state index in [2.05, 4.69) is 0 Å². The van der Waals surface area contributed by atoms with Crippen LogP contribution in [0.5, 0.6) is 0 Å². The average molecular weight is 315 g/mol. The Morgan fingerprint density at radius 2 is 2.05 bits per heavy atom. The first-order chi connectivity index (χ1) is 9.94. The van der Waals surface area contributed by atoms with Crippen molar-refractivity contribution in [2.45, 2.75) is 31.6 Å². The largest absolute Gasteiger partial charge is 0.465 e. The van der Waals surface area contributed by atoms with Crippen molar-refractivity contribution >= 4 is 16.0 Å². The molecule has 1 heterocycles. The van der Waals surface area contributed by atoms with Gasteiger partial charge in [-0.25, -0.2) is 12.8 Å². The van der Waals surface area contributed by atoms with Crippen LogP contribution in [-0.4, -0.2) is 37.9 Å². The number of carbonyl (C=O) groups is 1. The Hall–Kier alpha value is -1.47. The maximum Gasteiger partial charge on any atom is 0.324 e. The molecule has 0 aliphatic carbocycles. The summed E-state index contributed by atoms with van der Waals surface area (Å²) < 4.78 is 43.8. The lowest BCUT2D eigenvalue weighted by molar-refractivity contribution is -0.146. The minimum atomic E-state index is -3.63. The van der Waals surface area contributed by atoms with Crippen LogP contribution in [0.1, 0.15) is 25.3 Å². The van der Waals surface area contributed by atoms with Gasteiger partial charge in [0.05, 0.1) is 12.4 Å². The monoisotopic (exact) mass is 315 g/mol. The molecule has 1 unspecified atom stereocenters. The number of sulfonamides is 1. The van der Waals surface area contributed by atoms with Gasteiger partial charge in [0.25, 0.3) is 0 Å². The van der Waals surface area contributed by atoms with Gasteiger partial charge in [0.15, 0.2) is 0 Å². The van der Waals surface area contributed by atoms with E-state index in [1.807, 2.05) is 0 Å². The molecule has 0 aromatic heterocycles. The van der Waals surface area contributed by atoms with Crippen molar-refractivity contribution in [3.8, 4) is 0 Å². The van der Waals surface area contributed by atoms with Crippen LogP contribution >= 0.6 is 0 Å². The van der Waals surface area contributed by atoms with Crippen LogP contribution < -0.4 is 0 Å². The van der Waals surface area contributed by atoms with Gasteiger partial charge in [0, 0.05) is 6.54 Å². The fraction of sp³-hybridized carbons (Fsp3) is 0.500. The van der Waals surface area contributed by atoms with Gasteiger partial charge >= 0.3 is 5.97 Å². The average Bonchev–Trinajstić information content (AvgIpc) is 2.92. The molecule has 5 nitrogen and oxygen atoms in total. The van der Waals surface area contributed by atoms with E-state index in [-0.39, 0.29) is 12.4 Å². The van der Waals surface area contributed by atoms with Gasteiger partial charge in [-0.1, -0.05) is 12.1 Å². The molecule has 0 N–H and O–H groups in total. The molecule has 0 saturated carbocycles. The number of nitrogens with zero attached hydrogens (tertiary/aromatic N) is 1. The van der Waals surface area contributed by atoms with Crippen molar-refractivity contribution in [1.82, 2.24) is 4.31 Å². The Labute approximate surface area is 123 Å². The lowest BCUT2D eigenvalue weighted by Crippen LogP contribution is -2.41. The molecule has 1 fully saturated rings. The van der Waals surface area contributed by atoms with Crippen molar-refractivity contribution in [3.05, 3.63) is 35.6 Å². The minimum Gasteiger partial charge on any atom is -0.465 e. The third-order valence-electron chi connectivity index (χ3n) is 3.38. The van der Waals surface area contributed by atoms with Gasteiger partial charge in [-0.15, -0.1) is 0 Å². The molecule has 0 spiro atoms. The molecular formula is C14H18FNO4S. The molecule has 0 bridgehead atoms. The third kappa shape index (κ3) is 3.79. The molecule has 7 heteroatoms. The summed E-state index contributed by atoms with van der Waals surface area (Å²) in [7, 11) is -3.63. The smallest absolute Gasteiger partial charge is 0.324 e. The Morgan fingerprint density at radius 3 is 2.67 bits per heavy atom. The summed E-state index contributed by atoms with van der Waals surface area (Å²) in [5.41, 5.74) is 0.492. The van der Waals surface area contributed by atoms with Crippen LogP contribution in [0.25, 0.3) is 0 Å². The highest BCUT2D eigenvalue weighted by molar-refractivity contribution is 7.88. The summed E-state index contributed by atoms with van der Waals surface area (Å²) in [5, 5.41) is 0. The van der Waals surface area contributed by atoms with E-state index in [9.17, 15) is 17.6 Å². The second kappa shape index (κ2) is 6.53. The molecule has 21 heavy (non-hydrogen) atoms. The fourth-order valence-corrected chi connectivity index (χ4v) is 4.19. The zero-order valence-electron chi connectivity index (χ0n) is 11.8. The van der Waals surface area contributed by atoms with E-state index in [1.165, 1.54) is 28.6 Å². The van der Waals surface area contributed by atoms with Crippen LogP contribution in [0.2, 0.25) is 0 Å². The summed E-state index contributed by atoms with van der Waals surface area (Å²) in [6.07, 6.45) is 1.10. The van der Waals surface area contributed by atoms with Gasteiger partial charge in [-0.05, 0) is 37.5 Å². The molecule has 0 radical (unpaired) electrons. The fourth-order valence-electron chi connectivity index (χ4n) is 2.42. The number of hydrogen-bond donors (Lipinski definition) is 0. The van der Waals surface area contributed by atoms with E-state index in [1.54, 1.807) is 6.92 Å². The molecule has 0 amide bonds. The van der Waals surface area contributed by atoms with E-state index in [4.69, 9.17) is 4.74 Å². The zero-order chi connectivity index (χ0) is 15.5. The van der Waals surface area contributed by atoms with Crippen LogP contribution in [0.4, 0.5) is 4.39 Å². The minimum absolute atomic E-state index is 0.223. The number of hydrogen-bond acceptors (Lipinski definition) is 4. The van der Waals surface area contributed by atoms with Gasteiger partial charge < -0.3 is 4.74 Å². The summed E-state index contributed by atoms with van der Waals surface area (Å²) in [5.74, 6) is -1.16. The molecule has 1 saturated heterocycles. The Kier molecular flexibility index (Phi) is 4.95. The Morgan fingerprint density at radius 1 is 1.38 bits per heavy atom. The lowest BCUT2D eigenvalue weighted by Gasteiger charge is -2.22. The first-order valence-corrected chi connectivity index (χ1v) is 8.45. The van der Waals surface area contributed by atoms with Gasteiger partial charge in [0.2, 0.25) is 10.0 Å². The lowest BCUT2D eigenvalue weighted by atomic mass is 10.2. The molecule has 1 aliphatic rings. The van der Waals surface area contributed by atoms with Crippen molar-refractivity contribution < 1.29 is 22.3 Å². The van der Waals surface area contributed by atoms with E-state index < -0.39 is 27.9 Å². The molecule has 1 aliphatic heterocycles. The van der Waals surface area contributed by atoms with Crippen molar-refractivity contribution in [1.29, 1.82) is 0 Å². The molecular weight excluding hydrogens is 297 g/mol. The number of esters is 1. The van der Waals surface area contributed by atoms with Gasteiger partial charge in [-0.3, -0.25) is 4.79 Å². The van der Waals surface area contributed by atoms with Crippen LogP contribution in [0.3, 0.4) is 0 Å². The number of carbonyl (C=O) groups excluding carboxylic acids is 1. The maximum atomic E-state index is 12.9. The molecule has 2 rings (SSSR count). The number of rotatable bonds is 5. The first kappa shape index (κ1) is 15.9. The van der Waals surface area contributed by atoms with Crippen molar-refractivity contribution in [2.24, 2.45) is 0 Å². The maximum absolute atomic E-state index is 12.9. The molecule has 1 aromatic rings. The number of benzene rings is 1. The zero-order valence-corrected chi connectivity index (χ0v) is 12.6. The topological polar surface area (TPSA) is 63.7 Å². The Balaban J connectivity index is 2.14. The third-order valence-corrected chi connectivity index (χ3v) is 5.23. The molecule has 1 atom stereocenters. The van der Waals surface area contributed by atoms with E-state index in [0.717, 1.165) is 0 Å². The normalized spacial score (nSPS) is 19.6. The summed E-state index contributed by atoms with van der Waals surface area (Å²) in [4.78, 5) is 11.8. The van der Waals surface area contributed by atoms with Crippen molar-refractivity contribution in [2.75, 3.05) is 13.2 Å². The van der Waals surface area contributed by atoms with Crippen LogP contribution in [0, 0.1) is 5.82 Å². The van der Waals surface area contributed by atoms with Gasteiger partial charge in [-0.2, -0.15) is 4.31 Å². The van der Waals surface area contributed by atoms with E-state index >= 15 is 0 Å². The quantitative estimate of drug-likeness (QED) is 0.776. The predicted molar refractivity (Wildman–Crippen MR) is 75.4 cm³/mol. The van der Waals surface area contributed by atoms with Gasteiger partial charge in [0.1, 0.15) is 11.9 Å². The molecule has 1 aromatic carbocycles. The summed E-state index contributed by atoms with van der Waals surface area (Å²) in [6.45, 7) is 2.22. The standard InChI is InChI=1S/C14H18FNO4S/c1-2-20-14(17)13-4-3-9-16(13)21(18,19)10-11-5-7-12(15)8-6-11/h5-8,13H,2-4,9-10H2,1H3. The summed E-state index contributed by atoms with van der Waals surface area (Å²) in [6, 6.07) is 4.57. The highest BCUT2D eigenvalue weighted by Crippen LogP contribution is 2.24. The predicted octanol–water partition coefficient (Wildman–Crippen LogP) is 1.68. The van der Waals surface area contributed by atoms with Crippen LogP contribution in [-0.2, 0) is 25.3 Å². The highest BCUT2D eigenvalue weighted by atomic mass is 32.2. The van der Waals surface area contributed by atoms with Crippen LogP contribution in [0.15, 0.2) is 24.3 Å². The highest BCUT2D eigenvalue weighted by Gasteiger charge is 2.39. The summed E-state index contributed by atoms with van der Waals surface area (Å²) >= 11 is 0.